The molecule has 0 aliphatic heterocycles. The maximum atomic E-state index is 11.0. The smallest absolute Gasteiger partial charge is 0.168 e. The van der Waals surface area contributed by atoms with Crippen LogP contribution >= 0.6 is 22.7 Å². The van der Waals surface area contributed by atoms with Gasteiger partial charge in [0.15, 0.2) is 11.1 Å². The van der Waals surface area contributed by atoms with Crippen molar-refractivity contribution < 1.29 is 0 Å². The van der Waals surface area contributed by atoms with Gasteiger partial charge >= 0.3 is 0 Å². The average molecular weight is 483 g/mol. The Hall–Kier alpha value is -3.26. The second-order valence-corrected chi connectivity index (χ2v) is 10.3. The van der Waals surface area contributed by atoms with Crippen molar-refractivity contribution in [1.82, 2.24) is 10.6 Å². The van der Waals surface area contributed by atoms with Gasteiger partial charge in [-0.25, -0.2) is 0 Å². The average Bonchev–Trinajstić information content (AvgIpc) is 3.57. The minimum Gasteiger partial charge on any atom is -0.288 e. The van der Waals surface area contributed by atoms with Crippen molar-refractivity contribution in [2.75, 3.05) is 0 Å². The maximum Gasteiger partial charge on any atom is 0.168 e. The number of rotatable bonds is 9. The molecule has 2 aromatic carbocycles. The lowest BCUT2D eigenvalue weighted by molar-refractivity contribution is 0.228. The molecular weight excluding hydrogens is 456 g/mol. The largest absolute Gasteiger partial charge is 0.288 e. The molecule has 4 aromatic rings. The summed E-state index contributed by atoms with van der Waals surface area (Å²) < 4.78 is 0. The molecule has 2 unspecified atom stereocenters. The first-order chi connectivity index (χ1) is 16.6. The van der Waals surface area contributed by atoms with E-state index in [-0.39, 0.29) is 0 Å². The fourth-order valence-corrected chi connectivity index (χ4v) is 5.77. The van der Waals surface area contributed by atoms with E-state index in [0.717, 1.165) is 32.0 Å². The zero-order chi connectivity index (χ0) is 24.0. The number of thiophene rings is 2. The van der Waals surface area contributed by atoms with Crippen LogP contribution in [0.25, 0.3) is 0 Å². The van der Waals surface area contributed by atoms with Gasteiger partial charge in [0.05, 0.1) is 12.1 Å². The van der Waals surface area contributed by atoms with E-state index < -0.39 is 11.1 Å². The second kappa shape index (κ2) is 10.3. The highest BCUT2D eigenvalue weighted by atomic mass is 32.1. The van der Waals surface area contributed by atoms with Crippen molar-refractivity contribution in [3.8, 4) is 12.1 Å². The van der Waals surface area contributed by atoms with Gasteiger partial charge in [0.1, 0.15) is 0 Å². The molecule has 2 N–H and O–H groups in total. The summed E-state index contributed by atoms with van der Waals surface area (Å²) in [7, 11) is 0. The van der Waals surface area contributed by atoms with Gasteiger partial charge in [-0.15, -0.1) is 22.7 Å². The van der Waals surface area contributed by atoms with E-state index in [1.807, 2.05) is 97.4 Å². The van der Waals surface area contributed by atoms with E-state index >= 15 is 0 Å². The zero-order valence-electron chi connectivity index (χ0n) is 19.2. The summed E-state index contributed by atoms with van der Waals surface area (Å²) in [6.45, 7) is 4.92. The predicted molar refractivity (Wildman–Crippen MR) is 139 cm³/mol. The molecule has 0 saturated carbocycles. The Morgan fingerprint density at radius 1 is 0.647 bits per heavy atom. The van der Waals surface area contributed by atoms with Crippen molar-refractivity contribution in [3.63, 3.8) is 0 Å². The van der Waals surface area contributed by atoms with Crippen LogP contribution in [0.3, 0.4) is 0 Å². The highest BCUT2D eigenvalue weighted by Crippen LogP contribution is 2.43. The first kappa shape index (κ1) is 23.9. The van der Waals surface area contributed by atoms with Gasteiger partial charge in [-0.05, 0) is 59.0 Å². The predicted octanol–water partition coefficient (Wildman–Crippen LogP) is 6.14. The Morgan fingerprint density at radius 2 is 1.06 bits per heavy atom. The monoisotopic (exact) mass is 482 g/mol. The van der Waals surface area contributed by atoms with Crippen LogP contribution in [0.1, 0.15) is 32.0 Å². The molecule has 4 nitrogen and oxygen atoms in total. The summed E-state index contributed by atoms with van der Waals surface area (Å²) in [5.74, 6) is 0. The fourth-order valence-electron chi connectivity index (χ4n) is 4.48. The number of hydrogen-bond acceptors (Lipinski definition) is 6. The van der Waals surface area contributed by atoms with Crippen LogP contribution in [0, 0.1) is 36.5 Å². The van der Waals surface area contributed by atoms with Crippen LogP contribution in [0.2, 0.25) is 0 Å². The Balaban J connectivity index is 1.96. The third-order valence-corrected chi connectivity index (χ3v) is 7.96. The van der Waals surface area contributed by atoms with E-state index in [1.54, 1.807) is 22.7 Å². The van der Waals surface area contributed by atoms with Crippen molar-refractivity contribution in [2.45, 2.75) is 38.0 Å². The first-order valence-electron chi connectivity index (χ1n) is 11.1. The molecule has 0 spiro atoms. The van der Waals surface area contributed by atoms with Gasteiger partial charge in [0, 0.05) is 22.8 Å². The van der Waals surface area contributed by atoms with Crippen LogP contribution in [0.4, 0.5) is 0 Å². The van der Waals surface area contributed by atoms with Crippen LogP contribution in [0.15, 0.2) is 83.6 Å². The summed E-state index contributed by atoms with van der Waals surface area (Å²) in [6.07, 6.45) is 0. The minimum atomic E-state index is -1.36. The van der Waals surface area contributed by atoms with E-state index in [0.29, 0.717) is 13.1 Å². The molecule has 0 saturated heterocycles. The van der Waals surface area contributed by atoms with Crippen LogP contribution in [0.5, 0.6) is 0 Å². The van der Waals surface area contributed by atoms with Gasteiger partial charge in [-0.2, -0.15) is 10.5 Å². The summed E-state index contributed by atoms with van der Waals surface area (Å²) >= 11 is 3.26. The van der Waals surface area contributed by atoms with Crippen LogP contribution in [-0.4, -0.2) is 0 Å². The van der Waals surface area contributed by atoms with Crippen LogP contribution < -0.4 is 10.6 Å². The normalized spacial score (nSPS) is 14.5. The second-order valence-electron chi connectivity index (χ2n) is 8.22. The molecule has 170 valence electrons. The van der Waals surface area contributed by atoms with Gasteiger partial charge in [-0.3, -0.25) is 10.6 Å². The van der Waals surface area contributed by atoms with Gasteiger partial charge in [-0.1, -0.05) is 60.7 Å². The number of nitrogens with one attached hydrogen (secondary N) is 2. The SMILES string of the molecule is Cc1ccccc1C(C#N)(NCc1cccs1)C(C#N)(NCc1cccs1)c1ccccc1C. The van der Waals surface area contributed by atoms with Crippen LogP contribution in [-0.2, 0) is 24.2 Å². The van der Waals surface area contributed by atoms with Crippen molar-refractivity contribution in [2.24, 2.45) is 0 Å². The van der Waals surface area contributed by atoms with E-state index in [2.05, 4.69) is 22.8 Å². The number of aryl methyl sites for hydroxylation is 2. The topological polar surface area (TPSA) is 71.6 Å². The molecule has 34 heavy (non-hydrogen) atoms. The standard InChI is InChI=1S/C28H26N4S2/c1-21-9-3-5-13-25(21)27(19-29,31-17-23-11-7-15-33-23)28(20-30,26-14-6-4-10-22(26)2)32-18-24-12-8-16-34-24/h3-16,31-32H,17-18H2,1-2H3. The molecular formula is C28H26N4S2. The number of nitrogens with zero attached hydrogens (tertiary/aromatic N) is 2. The summed E-state index contributed by atoms with van der Waals surface area (Å²) in [5.41, 5.74) is 0.763. The molecule has 2 aromatic heterocycles. The molecule has 6 heteroatoms. The lowest BCUT2D eigenvalue weighted by Crippen LogP contribution is -2.63. The van der Waals surface area contributed by atoms with Crippen molar-refractivity contribution >= 4 is 22.7 Å². The third-order valence-electron chi connectivity index (χ3n) is 6.21. The van der Waals surface area contributed by atoms with Gasteiger partial charge in [0.2, 0.25) is 0 Å². The number of hydrogen-bond donors (Lipinski definition) is 2. The molecule has 0 radical (unpaired) electrons. The quantitative estimate of drug-likeness (QED) is 0.300. The van der Waals surface area contributed by atoms with Gasteiger partial charge in [0.25, 0.3) is 0 Å². The molecule has 2 atom stereocenters. The van der Waals surface area contributed by atoms with E-state index in [4.69, 9.17) is 0 Å². The van der Waals surface area contributed by atoms with Crippen molar-refractivity contribution in [3.05, 3.63) is 116 Å². The Morgan fingerprint density at radius 3 is 1.38 bits per heavy atom. The lowest BCUT2D eigenvalue weighted by atomic mass is 9.67. The lowest BCUT2D eigenvalue weighted by Gasteiger charge is -2.45. The molecule has 0 fully saturated rings. The zero-order valence-corrected chi connectivity index (χ0v) is 20.8. The first-order valence-corrected chi connectivity index (χ1v) is 12.8. The summed E-state index contributed by atoms with van der Waals surface area (Å²) in [5, 5.41) is 33.1. The Kier molecular flexibility index (Phi) is 7.26. The molecule has 0 amide bonds. The molecule has 4 rings (SSSR count). The van der Waals surface area contributed by atoms with E-state index in [9.17, 15) is 10.5 Å². The fraction of sp³-hybridized carbons (Fsp3) is 0.214. The van der Waals surface area contributed by atoms with Gasteiger partial charge < -0.3 is 0 Å². The summed E-state index contributed by atoms with van der Waals surface area (Å²) in [6, 6.07) is 28.9. The molecule has 0 bridgehead atoms. The highest BCUT2D eigenvalue weighted by Gasteiger charge is 2.56. The molecule has 0 aliphatic rings. The van der Waals surface area contributed by atoms with Crippen molar-refractivity contribution in [1.29, 1.82) is 10.5 Å². The minimum absolute atomic E-state index is 0.468. The maximum absolute atomic E-state index is 11.0. The Bertz CT molecular complexity index is 1210. The third kappa shape index (κ3) is 4.30. The number of benzene rings is 2. The molecule has 0 aliphatic carbocycles. The Labute approximate surface area is 209 Å². The highest BCUT2D eigenvalue weighted by molar-refractivity contribution is 7.10. The number of nitriles is 2. The molecule has 2 heterocycles. The van der Waals surface area contributed by atoms with E-state index in [1.165, 1.54) is 0 Å². The summed E-state index contributed by atoms with van der Waals surface area (Å²) in [4.78, 5) is 2.20.